The van der Waals surface area contributed by atoms with Crippen molar-refractivity contribution in [1.82, 2.24) is 14.9 Å². The van der Waals surface area contributed by atoms with Gasteiger partial charge < -0.3 is 9.64 Å². The molecule has 0 spiro atoms. The summed E-state index contributed by atoms with van der Waals surface area (Å²) in [5.41, 5.74) is -1.70. The molecule has 1 amide bonds. The zero-order chi connectivity index (χ0) is 18.3. The lowest BCUT2D eigenvalue weighted by Gasteiger charge is -2.27. The molecule has 9 heteroatoms. The van der Waals surface area contributed by atoms with Crippen LogP contribution < -0.4 is 4.74 Å². The summed E-state index contributed by atoms with van der Waals surface area (Å²) >= 11 is 1.68. The average Bonchev–Trinajstić information content (AvgIpc) is 3.24. The molecule has 1 aromatic heterocycles. The van der Waals surface area contributed by atoms with E-state index in [1.807, 2.05) is 0 Å². The molecule has 0 unspecified atom stereocenters. The van der Waals surface area contributed by atoms with Crippen LogP contribution in [0.4, 0.5) is 13.2 Å². The molecule has 5 nitrogen and oxygen atoms in total. The summed E-state index contributed by atoms with van der Waals surface area (Å²) in [5, 5.41) is 0. The van der Waals surface area contributed by atoms with Gasteiger partial charge in [0.15, 0.2) is 5.69 Å². The van der Waals surface area contributed by atoms with E-state index in [4.69, 9.17) is 4.74 Å². The fraction of sp³-hybridized carbons (Fsp3) is 0.706. The highest BCUT2D eigenvalue weighted by Crippen LogP contribution is 2.45. The van der Waals surface area contributed by atoms with Crippen LogP contribution in [-0.4, -0.2) is 51.5 Å². The van der Waals surface area contributed by atoms with Crippen LogP contribution in [0.25, 0.3) is 0 Å². The Morgan fingerprint density at radius 1 is 1.23 bits per heavy atom. The number of aromatic nitrogens is 2. The molecule has 1 saturated heterocycles. The molecule has 2 bridgehead atoms. The van der Waals surface area contributed by atoms with E-state index in [1.165, 1.54) is 11.3 Å². The van der Waals surface area contributed by atoms with Crippen LogP contribution in [0, 0.1) is 11.8 Å². The van der Waals surface area contributed by atoms with E-state index in [9.17, 15) is 18.0 Å². The van der Waals surface area contributed by atoms with Gasteiger partial charge in [-0.1, -0.05) is 0 Å². The number of fused-ring (bicyclic) bond motifs is 2. The lowest BCUT2D eigenvalue weighted by molar-refractivity contribution is -0.142. The predicted octanol–water partition coefficient (Wildman–Crippen LogP) is 3.25. The van der Waals surface area contributed by atoms with Gasteiger partial charge in [0.05, 0.1) is 5.56 Å². The Hall–Kier alpha value is -1.51. The van der Waals surface area contributed by atoms with Gasteiger partial charge in [-0.15, -0.1) is 0 Å². The van der Waals surface area contributed by atoms with Crippen molar-refractivity contribution >= 4 is 17.7 Å². The van der Waals surface area contributed by atoms with E-state index >= 15 is 0 Å². The number of alkyl halides is 3. The first-order valence-electron chi connectivity index (χ1n) is 8.89. The fourth-order valence-electron chi connectivity index (χ4n) is 4.20. The molecule has 142 valence electrons. The van der Waals surface area contributed by atoms with Gasteiger partial charge in [0.25, 0.3) is 5.91 Å². The van der Waals surface area contributed by atoms with Crippen molar-refractivity contribution in [2.24, 2.45) is 11.8 Å². The number of hydrogen-bond donors (Lipinski definition) is 0. The Bertz CT molecular complexity index is 694. The van der Waals surface area contributed by atoms with Crippen molar-refractivity contribution in [2.45, 2.75) is 38.0 Å². The Labute approximate surface area is 153 Å². The van der Waals surface area contributed by atoms with Crippen LogP contribution in [-0.2, 0) is 6.18 Å². The molecule has 2 aliphatic carbocycles. The summed E-state index contributed by atoms with van der Waals surface area (Å²) in [4.78, 5) is 21.5. The minimum absolute atomic E-state index is 0.115. The van der Waals surface area contributed by atoms with E-state index < -0.39 is 23.3 Å². The first kappa shape index (κ1) is 17.9. The Morgan fingerprint density at radius 2 is 2.00 bits per heavy atom. The van der Waals surface area contributed by atoms with Crippen LogP contribution in [0.15, 0.2) is 6.20 Å². The number of hydrogen-bond acceptors (Lipinski definition) is 5. The molecule has 4 rings (SSSR count). The zero-order valence-corrected chi connectivity index (χ0v) is 15.0. The Balaban J connectivity index is 1.57. The van der Waals surface area contributed by atoms with Crippen molar-refractivity contribution in [3.8, 4) is 6.01 Å². The second-order valence-corrected chi connectivity index (χ2v) is 8.37. The molecule has 1 aromatic rings. The van der Waals surface area contributed by atoms with Crippen molar-refractivity contribution in [1.29, 1.82) is 0 Å². The van der Waals surface area contributed by atoms with Crippen molar-refractivity contribution in [3.63, 3.8) is 0 Å². The summed E-state index contributed by atoms with van der Waals surface area (Å²) in [7, 11) is 0. The number of carbonyl (C=O) groups is 1. The minimum Gasteiger partial charge on any atom is -0.460 e. The number of nitrogens with zero attached hydrogens (tertiary/aromatic N) is 3. The molecular formula is C17H20F3N3O2S. The standard InChI is InChI=1S/C17H20F3N3O2S/c18-17(19,20)14-12(15(24)23-3-5-26-6-4-23)9-21-16(22-14)25-13-8-10-1-2-11(13)7-10/h9-11,13H,1-8H2/t10-,11+,13+/m0/s1. The quantitative estimate of drug-likeness (QED) is 0.797. The summed E-state index contributed by atoms with van der Waals surface area (Å²) in [5.74, 6) is 1.76. The SMILES string of the molecule is O=C(c1cnc(O[C@@H]2C[C@H]3CC[C@@H]2C3)nc1C(F)(F)F)N1CCSCC1. The second kappa shape index (κ2) is 6.90. The lowest BCUT2D eigenvalue weighted by atomic mass is 9.98. The molecule has 1 aliphatic heterocycles. The maximum atomic E-state index is 13.5. The third-order valence-corrected chi connectivity index (χ3v) is 6.44. The molecule has 26 heavy (non-hydrogen) atoms. The molecule has 2 saturated carbocycles. The first-order valence-corrected chi connectivity index (χ1v) is 10.0. The smallest absolute Gasteiger partial charge is 0.434 e. The molecule has 0 N–H and O–H groups in total. The molecular weight excluding hydrogens is 367 g/mol. The normalized spacial score (nSPS) is 28.4. The number of halogens is 3. The van der Waals surface area contributed by atoms with Gasteiger partial charge in [-0.05, 0) is 37.5 Å². The van der Waals surface area contributed by atoms with E-state index in [1.54, 1.807) is 11.8 Å². The second-order valence-electron chi connectivity index (χ2n) is 7.15. The van der Waals surface area contributed by atoms with E-state index in [0.29, 0.717) is 24.9 Å². The molecule has 0 radical (unpaired) electrons. The Kier molecular flexibility index (Phi) is 4.75. The Morgan fingerprint density at radius 3 is 2.62 bits per heavy atom. The van der Waals surface area contributed by atoms with E-state index in [2.05, 4.69) is 9.97 Å². The number of rotatable bonds is 3. The van der Waals surface area contributed by atoms with Crippen LogP contribution in [0.1, 0.15) is 41.7 Å². The monoisotopic (exact) mass is 387 g/mol. The summed E-state index contributed by atoms with van der Waals surface area (Å²) in [6, 6.07) is -0.277. The minimum atomic E-state index is -4.73. The third-order valence-electron chi connectivity index (χ3n) is 5.49. The topological polar surface area (TPSA) is 55.3 Å². The maximum Gasteiger partial charge on any atom is 0.434 e. The van der Waals surface area contributed by atoms with E-state index in [-0.39, 0.29) is 12.1 Å². The van der Waals surface area contributed by atoms with Crippen LogP contribution >= 0.6 is 11.8 Å². The van der Waals surface area contributed by atoms with Crippen LogP contribution in [0.3, 0.4) is 0 Å². The highest BCUT2D eigenvalue weighted by Gasteiger charge is 2.43. The van der Waals surface area contributed by atoms with Gasteiger partial charge in [-0.25, -0.2) is 4.98 Å². The number of amides is 1. The van der Waals surface area contributed by atoms with Gasteiger partial charge in [0.1, 0.15) is 6.10 Å². The van der Waals surface area contributed by atoms with Gasteiger partial charge in [0, 0.05) is 30.8 Å². The first-order chi connectivity index (χ1) is 12.4. The summed E-state index contributed by atoms with van der Waals surface area (Å²) in [6.45, 7) is 0.869. The van der Waals surface area contributed by atoms with Gasteiger partial charge >= 0.3 is 12.2 Å². The number of thioether (sulfide) groups is 1. The maximum absolute atomic E-state index is 13.5. The predicted molar refractivity (Wildman–Crippen MR) is 90.1 cm³/mol. The zero-order valence-electron chi connectivity index (χ0n) is 14.2. The van der Waals surface area contributed by atoms with Crippen molar-refractivity contribution in [3.05, 3.63) is 17.5 Å². The summed E-state index contributed by atoms with van der Waals surface area (Å²) < 4.78 is 46.2. The van der Waals surface area contributed by atoms with Gasteiger partial charge in [-0.3, -0.25) is 4.79 Å². The van der Waals surface area contributed by atoms with Gasteiger partial charge in [0.2, 0.25) is 0 Å². The van der Waals surface area contributed by atoms with E-state index in [0.717, 1.165) is 37.0 Å². The van der Waals surface area contributed by atoms with Crippen LogP contribution in [0.5, 0.6) is 6.01 Å². The number of carbonyl (C=O) groups excluding carboxylic acids is 1. The molecule has 2 heterocycles. The van der Waals surface area contributed by atoms with Crippen molar-refractivity contribution in [2.75, 3.05) is 24.6 Å². The van der Waals surface area contributed by atoms with Crippen molar-refractivity contribution < 1.29 is 22.7 Å². The summed E-state index contributed by atoms with van der Waals surface area (Å²) in [6.07, 6.45) is 0.261. The number of ether oxygens (including phenoxy) is 1. The molecule has 3 aliphatic rings. The van der Waals surface area contributed by atoms with Gasteiger partial charge in [-0.2, -0.15) is 29.9 Å². The largest absolute Gasteiger partial charge is 0.460 e. The third kappa shape index (κ3) is 3.50. The molecule has 0 aromatic carbocycles. The highest BCUT2D eigenvalue weighted by molar-refractivity contribution is 7.99. The molecule has 3 fully saturated rings. The van der Waals surface area contributed by atoms with Crippen LogP contribution in [0.2, 0.25) is 0 Å². The lowest BCUT2D eigenvalue weighted by Crippen LogP contribution is -2.39. The fourth-order valence-corrected chi connectivity index (χ4v) is 5.10. The average molecular weight is 387 g/mol. The highest BCUT2D eigenvalue weighted by atomic mass is 32.2. The molecule has 3 atom stereocenters.